The number of rotatable bonds is 1. The minimum absolute atomic E-state index is 0.0252. The Hall–Kier alpha value is -1.75. The highest BCUT2D eigenvalue weighted by Gasteiger charge is 2.39. The quantitative estimate of drug-likeness (QED) is 0.561. The van der Waals surface area contributed by atoms with E-state index in [1.807, 2.05) is 12.1 Å². The monoisotopic (exact) mass is 393 g/mol. The first-order valence-corrected chi connectivity index (χ1v) is 8.62. The fraction of sp³-hybridized carbons (Fsp3) is 0.263. The third-order valence-corrected chi connectivity index (χ3v) is 5.45. The van der Waals surface area contributed by atoms with Crippen LogP contribution in [-0.4, -0.2) is 0 Å². The van der Waals surface area contributed by atoms with Gasteiger partial charge in [-0.1, -0.05) is 40.2 Å². The topological polar surface area (TPSA) is 12.0 Å². The summed E-state index contributed by atoms with van der Waals surface area (Å²) in [7, 11) is 0. The van der Waals surface area contributed by atoms with Crippen molar-refractivity contribution in [2.45, 2.75) is 24.6 Å². The molecule has 0 radical (unpaired) electrons. The Morgan fingerprint density at radius 2 is 1.79 bits per heavy atom. The number of hydrogen-bond acceptors (Lipinski definition) is 1. The van der Waals surface area contributed by atoms with E-state index >= 15 is 0 Å². The molecule has 0 saturated carbocycles. The van der Waals surface area contributed by atoms with Gasteiger partial charge in [0.25, 0.3) is 0 Å². The van der Waals surface area contributed by atoms with Crippen LogP contribution in [0, 0.1) is 5.92 Å². The Labute approximate surface area is 146 Å². The normalized spacial score (nSPS) is 25.1. The maximum Gasteiger partial charge on any atom is 0.416 e. The molecule has 3 atom stereocenters. The lowest BCUT2D eigenvalue weighted by molar-refractivity contribution is -0.137. The molecule has 2 aromatic carbocycles. The number of halogens is 4. The Kier molecular flexibility index (Phi) is 3.71. The molecule has 0 fully saturated rings. The molecule has 5 heteroatoms. The first kappa shape index (κ1) is 15.8. The van der Waals surface area contributed by atoms with Crippen molar-refractivity contribution in [1.82, 2.24) is 0 Å². The summed E-state index contributed by atoms with van der Waals surface area (Å²) in [5.74, 6) is 0.263. The Balaban J connectivity index is 1.76. The van der Waals surface area contributed by atoms with Gasteiger partial charge in [0, 0.05) is 16.1 Å². The molecule has 2 aliphatic rings. The third kappa shape index (κ3) is 2.65. The minimum atomic E-state index is -4.31. The van der Waals surface area contributed by atoms with Gasteiger partial charge < -0.3 is 5.32 Å². The number of hydrogen-bond donors (Lipinski definition) is 1. The highest BCUT2D eigenvalue weighted by atomic mass is 79.9. The molecule has 0 bridgehead atoms. The molecule has 1 N–H and O–H groups in total. The third-order valence-electron chi connectivity index (χ3n) is 4.92. The zero-order chi connectivity index (χ0) is 16.9. The average molecular weight is 394 g/mol. The van der Waals surface area contributed by atoms with Crippen LogP contribution in [0.2, 0.25) is 0 Å². The van der Waals surface area contributed by atoms with Crippen LogP contribution in [0.4, 0.5) is 18.9 Å². The second kappa shape index (κ2) is 5.66. The first-order valence-electron chi connectivity index (χ1n) is 7.83. The average Bonchev–Trinajstić information content (AvgIpc) is 3.03. The molecule has 0 spiro atoms. The van der Waals surface area contributed by atoms with Crippen LogP contribution in [0.5, 0.6) is 0 Å². The fourth-order valence-electron chi connectivity index (χ4n) is 3.77. The highest BCUT2D eigenvalue weighted by Crippen LogP contribution is 2.50. The van der Waals surface area contributed by atoms with Gasteiger partial charge in [-0.3, -0.25) is 0 Å². The Morgan fingerprint density at radius 1 is 1.04 bits per heavy atom. The van der Waals surface area contributed by atoms with Gasteiger partial charge >= 0.3 is 6.18 Å². The molecular weight excluding hydrogens is 379 g/mol. The van der Waals surface area contributed by atoms with Crippen molar-refractivity contribution in [1.29, 1.82) is 0 Å². The van der Waals surface area contributed by atoms with Crippen LogP contribution in [0.15, 0.2) is 59.1 Å². The molecule has 0 saturated heterocycles. The minimum Gasteiger partial charge on any atom is -0.378 e. The van der Waals surface area contributed by atoms with Gasteiger partial charge in [-0.15, -0.1) is 0 Å². The molecular formula is C19H15BrF3N. The number of benzene rings is 2. The lowest BCUT2D eigenvalue weighted by atomic mass is 9.76. The van der Waals surface area contributed by atoms with Crippen LogP contribution in [0.3, 0.4) is 0 Å². The number of alkyl halides is 3. The maximum absolute atomic E-state index is 13.0. The van der Waals surface area contributed by atoms with Gasteiger partial charge in [-0.2, -0.15) is 13.2 Å². The van der Waals surface area contributed by atoms with E-state index in [4.69, 9.17) is 0 Å². The van der Waals surface area contributed by atoms with Gasteiger partial charge in [0.2, 0.25) is 0 Å². The molecule has 1 heterocycles. The Bertz CT molecular complexity index is 795. The zero-order valence-electron chi connectivity index (χ0n) is 12.6. The summed E-state index contributed by atoms with van der Waals surface area (Å²) in [5, 5.41) is 3.46. The molecule has 24 heavy (non-hydrogen) atoms. The van der Waals surface area contributed by atoms with Gasteiger partial charge in [0.1, 0.15) is 0 Å². The van der Waals surface area contributed by atoms with E-state index in [1.165, 1.54) is 6.07 Å². The second-order valence-electron chi connectivity index (χ2n) is 6.33. The second-order valence-corrected chi connectivity index (χ2v) is 7.24. The Morgan fingerprint density at radius 3 is 2.50 bits per heavy atom. The van der Waals surface area contributed by atoms with Crippen LogP contribution >= 0.6 is 15.9 Å². The summed E-state index contributed by atoms with van der Waals surface area (Å²) in [4.78, 5) is 0. The van der Waals surface area contributed by atoms with E-state index in [-0.39, 0.29) is 17.9 Å². The molecule has 124 valence electrons. The molecule has 1 nitrogen and oxygen atoms in total. The maximum atomic E-state index is 13.0. The zero-order valence-corrected chi connectivity index (χ0v) is 14.2. The highest BCUT2D eigenvalue weighted by molar-refractivity contribution is 9.10. The number of anilines is 1. The van der Waals surface area contributed by atoms with Crippen molar-refractivity contribution in [3.05, 3.63) is 75.8 Å². The molecule has 2 aromatic rings. The van der Waals surface area contributed by atoms with Crippen molar-refractivity contribution in [2.75, 3.05) is 5.32 Å². The fourth-order valence-corrected chi connectivity index (χ4v) is 4.04. The summed E-state index contributed by atoms with van der Waals surface area (Å²) in [6.45, 7) is 0. The van der Waals surface area contributed by atoms with Crippen molar-refractivity contribution < 1.29 is 13.2 Å². The van der Waals surface area contributed by atoms with Crippen molar-refractivity contribution in [3.8, 4) is 0 Å². The SMILES string of the molecule is FC(F)(F)c1ccc2c(c1)[C@@H]1C=CC[C@H]1[C@@H](c1ccc(Br)cc1)N2. The molecule has 4 rings (SSSR count). The predicted octanol–water partition coefficient (Wildman–Crippen LogP) is 6.29. The molecule has 1 aliphatic carbocycles. The van der Waals surface area contributed by atoms with Crippen LogP contribution in [-0.2, 0) is 6.18 Å². The summed E-state index contributed by atoms with van der Waals surface area (Å²) in [6.07, 6.45) is 0.693. The number of fused-ring (bicyclic) bond motifs is 3. The summed E-state index contributed by atoms with van der Waals surface area (Å²) < 4.78 is 40.1. The number of nitrogens with one attached hydrogen (secondary N) is 1. The first-order chi connectivity index (χ1) is 11.4. The molecule has 1 aliphatic heterocycles. The van der Waals surface area contributed by atoms with Gasteiger partial charge in [0.15, 0.2) is 0 Å². The summed E-state index contributed by atoms with van der Waals surface area (Å²) in [5.41, 5.74) is 2.12. The van der Waals surface area contributed by atoms with E-state index in [0.717, 1.165) is 33.8 Å². The van der Waals surface area contributed by atoms with Gasteiger partial charge in [-0.25, -0.2) is 0 Å². The van der Waals surface area contributed by atoms with Gasteiger partial charge in [-0.05, 0) is 53.8 Å². The van der Waals surface area contributed by atoms with E-state index in [0.29, 0.717) is 0 Å². The molecule has 0 amide bonds. The largest absolute Gasteiger partial charge is 0.416 e. The van der Waals surface area contributed by atoms with Crippen molar-refractivity contribution in [3.63, 3.8) is 0 Å². The lowest BCUT2D eigenvalue weighted by Crippen LogP contribution is -2.29. The van der Waals surface area contributed by atoms with Crippen LogP contribution in [0.25, 0.3) is 0 Å². The standard InChI is InChI=1S/C19H15BrF3N/c20-13-7-4-11(5-8-13)18-15-3-1-2-14(15)16-10-12(19(21,22)23)6-9-17(16)24-18/h1-2,4-10,14-15,18,24H,3H2/t14-,15-,18-/m1/s1. The van der Waals surface area contributed by atoms with E-state index in [9.17, 15) is 13.2 Å². The van der Waals surface area contributed by atoms with Crippen molar-refractivity contribution >= 4 is 21.6 Å². The van der Waals surface area contributed by atoms with E-state index < -0.39 is 11.7 Å². The van der Waals surface area contributed by atoms with Crippen molar-refractivity contribution in [2.24, 2.45) is 5.92 Å². The van der Waals surface area contributed by atoms with E-state index in [1.54, 1.807) is 6.07 Å². The predicted molar refractivity (Wildman–Crippen MR) is 91.9 cm³/mol. The molecule has 0 aromatic heterocycles. The van der Waals surface area contributed by atoms with Gasteiger partial charge in [0.05, 0.1) is 11.6 Å². The van der Waals surface area contributed by atoms with E-state index in [2.05, 4.69) is 45.5 Å². The smallest absolute Gasteiger partial charge is 0.378 e. The molecule has 0 unspecified atom stereocenters. The summed E-state index contributed by atoms with van der Waals surface area (Å²) >= 11 is 3.44. The lowest BCUT2D eigenvalue weighted by Gasteiger charge is -2.38. The van der Waals surface area contributed by atoms with Crippen LogP contribution < -0.4 is 5.32 Å². The number of allylic oxidation sites excluding steroid dienone is 2. The van der Waals surface area contributed by atoms with Crippen LogP contribution in [0.1, 0.15) is 35.1 Å². The summed E-state index contributed by atoms with van der Waals surface area (Å²) in [6, 6.07) is 12.2.